The molecular formula is C25H38N2O5S. The molecule has 2 bridgehead atoms. The van der Waals surface area contributed by atoms with Gasteiger partial charge in [-0.05, 0) is 32.6 Å². The lowest BCUT2D eigenvalue weighted by Gasteiger charge is -2.42. The highest BCUT2D eigenvalue weighted by Gasteiger charge is 2.75. The summed E-state index contributed by atoms with van der Waals surface area (Å²) in [6.45, 7) is 15.6. The summed E-state index contributed by atoms with van der Waals surface area (Å²) < 4.78 is 4.70. The third kappa shape index (κ3) is 4.14. The molecular weight excluding hydrogens is 440 g/mol. The zero-order valence-corrected chi connectivity index (χ0v) is 21.1. The highest BCUT2D eigenvalue weighted by Crippen LogP contribution is 2.67. The number of hydrogen-bond acceptors (Lipinski definition) is 6. The molecule has 2 amide bonds. The topological polar surface area (TPSA) is 87.1 Å². The number of esters is 1. The number of ether oxygens (including phenoxy) is 1. The monoisotopic (exact) mass is 478 g/mol. The zero-order valence-electron chi connectivity index (χ0n) is 20.2. The van der Waals surface area contributed by atoms with E-state index in [9.17, 15) is 19.5 Å². The quantitative estimate of drug-likeness (QED) is 0.363. The van der Waals surface area contributed by atoms with Gasteiger partial charge >= 0.3 is 5.97 Å². The molecule has 7 atom stereocenters. The maximum absolute atomic E-state index is 14.1. The number of rotatable bonds is 11. The molecule has 0 aromatic heterocycles. The van der Waals surface area contributed by atoms with Crippen LogP contribution in [0, 0.1) is 17.8 Å². The number of aliphatic hydroxyl groups is 1. The van der Waals surface area contributed by atoms with E-state index < -0.39 is 34.6 Å². The second-order valence-corrected chi connectivity index (χ2v) is 11.3. The van der Waals surface area contributed by atoms with Crippen LogP contribution in [0.2, 0.25) is 0 Å². The fraction of sp³-hybridized carbons (Fsp3) is 0.720. The molecule has 0 radical (unpaired) electrons. The first-order valence-electron chi connectivity index (χ1n) is 12.0. The number of aliphatic hydroxyl groups excluding tert-OH is 1. The van der Waals surface area contributed by atoms with Gasteiger partial charge in [-0.15, -0.1) is 18.3 Å². The van der Waals surface area contributed by atoms with Crippen LogP contribution < -0.4 is 0 Å². The van der Waals surface area contributed by atoms with Crippen molar-refractivity contribution in [2.45, 2.75) is 75.1 Å². The third-order valence-corrected chi connectivity index (χ3v) is 9.62. The van der Waals surface area contributed by atoms with Crippen molar-refractivity contribution in [3.05, 3.63) is 25.3 Å². The number of likely N-dealkylation sites (tertiary alicyclic amines) is 1. The molecule has 1 spiro atoms. The molecule has 7 nitrogen and oxygen atoms in total. The maximum atomic E-state index is 14.1. The van der Waals surface area contributed by atoms with E-state index in [0.29, 0.717) is 13.0 Å². The van der Waals surface area contributed by atoms with E-state index in [4.69, 9.17) is 4.74 Å². The number of carbonyl (C=O) groups is 3. The molecule has 2 unspecified atom stereocenters. The Morgan fingerprint density at radius 3 is 2.58 bits per heavy atom. The molecule has 1 N–H and O–H groups in total. The average Bonchev–Trinajstić information content (AvgIpc) is 3.43. The van der Waals surface area contributed by atoms with Crippen LogP contribution in [0.4, 0.5) is 0 Å². The standard InChI is InChI=1S/C25H38N2O5S/c1-7-12-26(15(4)5)23(30)21-25-11-10-18(33-25)19(24(31)32-13-8-2)20(25)22(29)27(21)17(14-28)16(6)9-3/h7-8,15-21,28H,1-2,9-14H2,3-6H3/t16-,17-,18+,19-,20-,21?,25?/m0/s1. The summed E-state index contributed by atoms with van der Waals surface area (Å²) in [5, 5.41) is 10.3. The molecule has 0 aliphatic carbocycles. The van der Waals surface area contributed by atoms with Crippen LogP contribution in [0.3, 0.4) is 0 Å². The fourth-order valence-corrected chi connectivity index (χ4v) is 8.09. The second kappa shape index (κ2) is 10.2. The minimum absolute atomic E-state index is 0.00440. The molecule has 3 heterocycles. The van der Waals surface area contributed by atoms with Crippen molar-refractivity contribution in [1.82, 2.24) is 9.80 Å². The van der Waals surface area contributed by atoms with Gasteiger partial charge in [-0.2, -0.15) is 0 Å². The largest absolute Gasteiger partial charge is 0.461 e. The smallest absolute Gasteiger partial charge is 0.311 e. The number of thioether (sulfide) groups is 1. The average molecular weight is 479 g/mol. The fourth-order valence-electron chi connectivity index (χ4n) is 5.90. The van der Waals surface area contributed by atoms with Crippen molar-refractivity contribution in [2.75, 3.05) is 19.8 Å². The predicted molar refractivity (Wildman–Crippen MR) is 129 cm³/mol. The van der Waals surface area contributed by atoms with E-state index in [-0.39, 0.29) is 42.2 Å². The van der Waals surface area contributed by atoms with Gasteiger partial charge in [-0.25, -0.2) is 0 Å². The molecule has 3 saturated heterocycles. The summed E-state index contributed by atoms with van der Waals surface area (Å²) in [4.78, 5) is 44.5. The summed E-state index contributed by atoms with van der Waals surface area (Å²) in [6, 6.07) is -1.29. The van der Waals surface area contributed by atoms with Crippen LogP contribution in [-0.4, -0.2) is 80.6 Å². The lowest BCUT2D eigenvalue weighted by molar-refractivity contribution is -0.154. The van der Waals surface area contributed by atoms with Gasteiger partial charge in [0.15, 0.2) is 0 Å². The molecule has 0 aromatic carbocycles. The summed E-state index contributed by atoms with van der Waals surface area (Å²) in [7, 11) is 0. The Balaban J connectivity index is 2.10. The first-order valence-corrected chi connectivity index (χ1v) is 12.9. The summed E-state index contributed by atoms with van der Waals surface area (Å²) in [5.74, 6) is -1.93. The molecule has 3 fully saturated rings. The van der Waals surface area contributed by atoms with Gasteiger partial charge in [-0.3, -0.25) is 14.4 Å². The Morgan fingerprint density at radius 2 is 2.03 bits per heavy atom. The lowest BCUT2D eigenvalue weighted by atomic mass is 9.71. The lowest BCUT2D eigenvalue weighted by Crippen LogP contribution is -2.59. The van der Waals surface area contributed by atoms with Crippen molar-refractivity contribution in [2.24, 2.45) is 17.8 Å². The first kappa shape index (κ1) is 25.8. The Labute approximate surface area is 201 Å². The van der Waals surface area contributed by atoms with Gasteiger partial charge in [0.05, 0.1) is 29.2 Å². The van der Waals surface area contributed by atoms with Crippen LogP contribution in [0.5, 0.6) is 0 Å². The number of hydrogen-bond donors (Lipinski definition) is 1. The van der Waals surface area contributed by atoms with Gasteiger partial charge < -0.3 is 19.6 Å². The number of carbonyl (C=O) groups excluding carboxylic acids is 3. The Hall–Kier alpha value is -1.80. The molecule has 3 aliphatic rings. The van der Waals surface area contributed by atoms with Gasteiger partial charge in [0.25, 0.3) is 0 Å². The Bertz CT molecular complexity index is 802. The van der Waals surface area contributed by atoms with E-state index in [1.54, 1.807) is 27.6 Å². The van der Waals surface area contributed by atoms with Crippen molar-refractivity contribution in [3.63, 3.8) is 0 Å². The Kier molecular flexibility index (Phi) is 7.99. The second-order valence-electron chi connectivity index (χ2n) is 9.73. The van der Waals surface area contributed by atoms with Crippen LogP contribution >= 0.6 is 11.8 Å². The van der Waals surface area contributed by atoms with Gasteiger partial charge in [0.2, 0.25) is 11.8 Å². The van der Waals surface area contributed by atoms with Crippen molar-refractivity contribution in [3.8, 4) is 0 Å². The Morgan fingerprint density at radius 1 is 1.33 bits per heavy atom. The highest BCUT2D eigenvalue weighted by atomic mass is 32.2. The summed E-state index contributed by atoms with van der Waals surface area (Å²) >= 11 is 1.61. The van der Waals surface area contributed by atoms with Crippen LogP contribution in [0.25, 0.3) is 0 Å². The molecule has 8 heteroatoms. The normalized spacial score (nSPS) is 31.9. The van der Waals surface area contributed by atoms with Crippen LogP contribution in [0.1, 0.15) is 47.0 Å². The highest BCUT2D eigenvalue weighted by molar-refractivity contribution is 8.02. The van der Waals surface area contributed by atoms with Crippen molar-refractivity contribution in [1.29, 1.82) is 0 Å². The van der Waals surface area contributed by atoms with Gasteiger partial charge in [-0.1, -0.05) is 39.0 Å². The molecule has 0 saturated carbocycles. The summed E-state index contributed by atoms with van der Waals surface area (Å²) in [6.07, 6.45) is 5.42. The van der Waals surface area contributed by atoms with E-state index in [2.05, 4.69) is 13.2 Å². The van der Waals surface area contributed by atoms with Crippen LogP contribution in [-0.2, 0) is 19.1 Å². The minimum atomic E-state index is -0.726. The summed E-state index contributed by atoms with van der Waals surface area (Å²) in [5.41, 5.74) is 0. The molecule has 3 rings (SSSR count). The molecule has 3 aliphatic heterocycles. The van der Waals surface area contributed by atoms with Gasteiger partial charge in [0, 0.05) is 17.8 Å². The minimum Gasteiger partial charge on any atom is -0.461 e. The van der Waals surface area contributed by atoms with E-state index >= 15 is 0 Å². The number of nitrogens with zero attached hydrogens (tertiary/aromatic N) is 2. The maximum Gasteiger partial charge on any atom is 0.311 e. The van der Waals surface area contributed by atoms with E-state index in [0.717, 1.165) is 12.8 Å². The third-order valence-electron chi connectivity index (χ3n) is 7.66. The SMILES string of the molecule is C=CCOC(=O)[C@@H]1[C@H]2C(=O)N([C@@H](CO)[C@@H](C)CC)C(C(=O)N(CC=C)C(C)C)C23CC[C@H]1S3. The molecule has 184 valence electrons. The van der Waals surface area contributed by atoms with E-state index in [1.165, 1.54) is 6.08 Å². The molecule has 0 aromatic rings. The predicted octanol–water partition coefficient (Wildman–Crippen LogP) is 2.64. The first-order chi connectivity index (χ1) is 15.7. The van der Waals surface area contributed by atoms with Crippen molar-refractivity contribution < 1.29 is 24.2 Å². The van der Waals surface area contributed by atoms with Crippen molar-refractivity contribution >= 4 is 29.5 Å². The zero-order chi connectivity index (χ0) is 24.5. The number of fused-ring (bicyclic) bond motifs is 1. The van der Waals surface area contributed by atoms with E-state index in [1.807, 2.05) is 27.7 Å². The van der Waals surface area contributed by atoms with Crippen LogP contribution in [0.15, 0.2) is 25.3 Å². The molecule has 33 heavy (non-hydrogen) atoms. The number of amides is 2. The van der Waals surface area contributed by atoms with Gasteiger partial charge in [0.1, 0.15) is 12.6 Å².